The summed E-state index contributed by atoms with van der Waals surface area (Å²) in [6.45, 7) is 2.63. The van der Waals surface area contributed by atoms with Crippen molar-refractivity contribution in [1.82, 2.24) is 0 Å². The van der Waals surface area contributed by atoms with Gasteiger partial charge in [-0.1, -0.05) is 121 Å². The first-order valence-corrected chi connectivity index (χ1v) is 17.2. The molecule has 9 heteroatoms. The molecule has 5 atom stereocenters. The minimum Gasteiger partial charge on any atom is -0.507 e. The number of ether oxygens (including phenoxy) is 4. The van der Waals surface area contributed by atoms with Crippen molar-refractivity contribution in [2.24, 2.45) is 0 Å². The number of aliphatic hydroxyl groups excluding tert-OH is 1. The van der Waals surface area contributed by atoms with Gasteiger partial charge in [0.2, 0.25) is 0 Å². The van der Waals surface area contributed by atoms with Gasteiger partial charge in [0.15, 0.2) is 11.0 Å². The van der Waals surface area contributed by atoms with Crippen molar-refractivity contribution < 1.29 is 38.7 Å². The summed E-state index contributed by atoms with van der Waals surface area (Å²) >= 11 is 0. The highest BCUT2D eigenvalue weighted by Crippen LogP contribution is 2.45. The predicted octanol–water partition coefficient (Wildman–Crippen LogP) is 7.37. The number of benzene rings is 5. The second-order valence-corrected chi connectivity index (χ2v) is 13.0. The van der Waals surface area contributed by atoms with Gasteiger partial charge in [0.1, 0.15) is 53.2 Å². The van der Waals surface area contributed by atoms with E-state index in [0.29, 0.717) is 5.56 Å². The predicted molar refractivity (Wildman–Crippen MR) is 196 cm³/mol. The maximum atomic E-state index is 13.6. The normalized spacial score (nSPS) is 20.2. The largest absolute Gasteiger partial charge is 0.507 e. The van der Waals surface area contributed by atoms with Gasteiger partial charge in [0.05, 0.1) is 32.0 Å². The molecule has 0 unspecified atom stereocenters. The number of phenols is 2. The Labute approximate surface area is 301 Å². The molecule has 5 aromatic carbocycles. The van der Waals surface area contributed by atoms with Crippen LogP contribution in [0.1, 0.15) is 33.9 Å². The first-order valence-electron chi connectivity index (χ1n) is 17.2. The van der Waals surface area contributed by atoms with Crippen LogP contribution in [0.25, 0.3) is 22.3 Å². The lowest BCUT2D eigenvalue weighted by Gasteiger charge is -2.44. The molecule has 7 rings (SSSR count). The molecule has 0 radical (unpaired) electrons. The number of phenolic OH excluding ortho intramolecular Hbond substituents is 2. The molecule has 6 aromatic rings. The molecule has 1 aliphatic rings. The Morgan fingerprint density at radius 2 is 1.23 bits per heavy atom. The van der Waals surface area contributed by atoms with E-state index in [2.05, 4.69) is 0 Å². The summed E-state index contributed by atoms with van der Waals surface area (Å²) in [5, 5.41) is 34.4. The number of rotatable bonds is 12. The molecule has 1 aromatic heterocycles. The summed E-state index contributed by atoms with van der Waals surface area (Å²) in [4.78, 5) is 13.6. The molecule has 3 N–H and O–H groups in total. The number of aryl methyl sites for hydroxylation is 1. The third-order valence-corrected chi connectivity index (χ3v) is 9.24. The van der Waals surface area contributed by atoms with E-state index < -0.39 is 47.4 Å². The Balaban J connectivity index is 1.31. The van der Waals surface area contributed by atoms with Gasteiger partial charge in [0, 0.05) is 17.7 Å². The van der Waals surface area contributed by atoms with Gasteiger partial charge in [-0.25, -0.2) is 0 Å². The summed E-state index contributed by atoms with van der Waals surface area (Å²) in [5.41, 5.74) is 3.75. The molecule has 9 nitrogen and oxygen atoms in total. The third-order valence-electron chi connectivity index (χ3n) is 9.24. The lowest BCUT2D eigenvalue weighted by molar-refractivity contribution is -0.263. The van der Waals surface area contributed by atoms with Crippen molar-refractivity contribution in [3.05, 3.63) is 165 Å². The van der Waals surface area contributed by atoms with E-state index in [1.54, 1.807) is 0 Å². The van der Waals surface area contributed by atoms with Crippen LogP contribution in [-0.4, -0.2) is 46.3 Å². The topological polar surface area (TPSA) is 128 Å². The average molecular weight is 701 g/mol. The molecule has 0 aliphatic carbocycles. The van der Waals surface area contributed by atoms with Gasteiger partial charge in [0.25, 0.3) is 0 Å². The molecule has 1 aliphatic heterocycles. The molecule has 0 spiro atoms. The maximum absolute atomic E-state index is 13.6. The zero-order chi connectivity index (χ0) is 36.0. The number of hydrogen-bond donors (Lipinski definition) is 3. The van der Waals surface area contributed by atoms with Crippen molar-refractivity contribution in [3.8, 4) is 22.8 Å². The first-order chi connectivity index (χ1) is 25.4. The standard InChI is InChI=1S/C43H40O9/c1-27-17-19-31(20-18-27)35-22-34(46)37-32(44)21-33(45)38(41(37)51-35)42-39(47)43(50-25-30-15-9-4-10-16-30)40(49-24-29-13-7-3-8-14-29)36(52-42)26-48-23-28-11-5-2-6-12-28/h2-22,36,39-40,42-45,47H,23-26H2,1H3/t36-,39+,40-,42+,43-/m1/s1. The Bertz CT molecular complexity index is 2130. The van der Waals surface area contributed by atoms with Gasteiger partial charge >= 0.3 is 0 Å². The minimum absolute atomic E-state index is 0.00533. The summed E-state index contributed by atoms with van der Waals surface area (Å²) in [6, 6.07) is 38.7. The van der Waals surface area contributed by atoms with E-state index in [9.17, 15) is 20.1 Å². The summed E-state index contributed by atoms with van der Waals surface area (Å²) < 4.78 is 32.2. The molecule has 1 fully saturated rings. The third kappa shape index (κ3) is 7.79. The number of aliphatic hydroxyl groups is 1. The van der Waals surface area contributed by atoms with Crippen molar-refractivity contribution in [3.63, 3.8) is 0 Å². The molecule has 1 saturated heterocycles. The van der Waals surface area contributed by atoms with Gasteiger partial charge in [-0.05, 0) is 23.6 Å². The van der Waals surface area contributed by atoms with Crippen LogP contribution >= 0.6 is 0 Å². The Morgan fingerprint density at radius 3 is 1.83 bits per heavy atom. The molecule has 0 saturated carbocycles. The van der Waals surface area contributed by atoms with Crippen LogP contribution < -0.4 is 5.43 Å². The summed E-state index contributed by atoms with van der Waals surface area (Å²) in [6.07, 6.45) is -5.37. The Kier molecular flexibility index (Phi) is 10.8. The highest BCUT2D eigenvalue weighted by Gasteiger charge is 2.49. The molecular formula is C43H40O9. The van der Waals surface area contributed by atoms with Crippen molar-refractivity contribution >= 4 is 11.0 Å². The monoisotopic (exact) mass is 700 g/mol. The second-order valence-electron chi connectivity index (χ2n) is 13.0. The van der Waals surface area contributed by atoms with Crippen molar-refractivity contribution in [1.29, 1.82) is 0 Å². The molecular weight excluding hydrogens is 660 g/mol. The SMILES string of the molecule is Cc1ccc(-c2cc(=O)c3c(O)cc(O)c([C@@H]4O[C@H](COCc5ccccc5)[C@@H](OCc5ccccc5)[C@H](OCc5ccccc5)[C@H]4O)c3o2)cc1. The average Bonchev–Trinajstić information content (AvgIpc) is 3.16. The van der Waals surface area contributed by atoms with Crippen LogP contribution in [0.5, 0.6) is 11.5 Å². The van der Waals surface area contributed by atoms with Crippen molar-refractivity contribution in [2.75, 3.05) is 6.61 Å². The quantitative estimate of drug-likeness (QED) is 0.120. The smallest absolute Gasteiger partial charge is 0.197 e. The van der Waals surface area contributed by atoms with Gasteiger partial charge in [-0.15, -0.1) is 0 Å². The zero-order valence-corrected chi connectivity index (χ0v) is 28.6. The lowest BCUT2D eigenvalue weighted by Crippen LogP contribution is -2.57. The fourth-order valence-electron chi connectivity index (χ4n) is 6.55. The summed E-state index contributed by atoms with van der Waals surface area (Å²) in [5.74, 6) is -0.667. The van der Waals surface area contributed by atoms with E-state index in [4.69, 9.17) is 23.4 Å². The van der Waals surface area contributed by atoms with Crippen LogP contribution in [0.4, 0.5) is 0 Å². The van der Waals surface area contributed by atoms with Crippen LogP contribution in [0.3, 0.4) is 0 Å². The Hall–Kier alpha value is -5.29. The molecule has 0 bridgehead atoms. The first kappa shape index (κ1) is 35.1. The highest BCUT2D eigenvalue weighted by molar-refractivity contribution is 5.89. The fourth-order valence-corrected chi connectivity index (χ4v) is 6.55. The Morgan fingerprint density at radius 1 is 0.673 bits per heavy atom. The highest BCUT2D eigenvalue weighted by atomic mass is 16.6. The molecule has 2 heterocycles. The van der Waals surface area contributed by atoms with E-state index in [1.165, 1.54) is 6.07 Å². The molecule has 266 valence electrons. The summed E-state index contributed by atoms with van der Waals surface area (Å²) in [7, 11) is 0. The van der Waals surface area contributed by atoms with Crippen molar-refractivity contribution in [2.45, 2.75) is 57.3 Å². The number of hydrogen-bond acceptors (Lipinski definition) is 9. The van der Waals surface area contributed by atoms with E-state index >= 15 is 0 Å². The van der Waals surface area contributed by atoms with Gasteiger partial charge in [-0.2, -0.15) is 0 Å². The lowest BCUT2D eigenvalue weighted by atomic mass is 9.89. The van der Waals surface area contributed by atoms with Gasteiger partial charge < -0.3 is 38.7 Å². The molecule has 0 amide bonds. The second kappa shape index (κ2) is 15.9. The number of aromatic hydroxyl groups is 2. The van der Waals surface area contributed by atoms with Gasteiger partial charge in [-0.3, -0.25) is 4.79 Å². The van der Waals surface area contributed by atoms with E-state index in [0.717, 1.165) is 28.3 Å². The molecule has 52 heavy (non-hydrogen) atoms. The minimum atomic E-state index is -1.43. The van der Waals surface area contributed by atoms with E-state index in [-0.39, 0.29) is 48.7 Å². The fraction of sp³-hybridized carbons (Fsp3) is 0.233. The van der Waals surface area contributed by atoms with E-state index in [1.807, 2.05) is 122 Å². The number of fused-ring (bicyclic) bond motifs is 1. The van der Waals surface area contributed by atoms with Crippen LogP contribution in [0.15, 0.2) is 137 Å². The van der Waals surface area contributed by atoms with Crippen LogP contribution in [0.2, 0.25) is 0 Å². The van der Waals surface area contributed by atoms with Crippen LogP contribution in [0, 0.1) is 6.92 Å². The maximum Gasteiger partial charge on any atom is 0.197 e. The zero-order valence-electron chi connectivity index (χ0n) is 28.6. The van der Waals surface area contributed by atoms with Crippen LogP contribution in [-0.2, 0) is 38.8 Å².